The highest BCUT2D eigenvalue weighted by Crippen LogP contribution is 2.18. The van der Waals surface area contributed by atoms with Crippen LogP contribution in [0.2, 0.25) is 0 Å². The van der Waals surface area contributed by atoms with Gasteiger partial charge in [-0.2, -0.15) is 0 Å². The Morgan fingerprint density at radius 3 is 2.47 bits per heavy atom. The van der Waals surface area contributed by atoms with Gasteiger partial charge in [-0.05, 0) is 35.8 Å². The summed E-state index contributed by atoms with van der Waals surface area (Å²) < 4.78 is 8.40. The second-order valence-electron chi connectivity index (χ2n) is 4.62. The Balaban J connectivity index is 2.17. The molecule has 1 amide bonds. The van der Waals surface area contributed by atoms with Crippen LogP contribution in [0, 0.1) is 0 Å². The molecule has 0 spiro atoms. The molecule has 17 heavy (non-hydrogen) atoms. The molecule has 1 aliphatic rings. The van der Waals surface area contributed by atoms with E-state index in [2.05, 4.69) is 15.9 Å². The van der Waals surface area contributed by atoms with Crippen LogP contribution in [0.25, 0.3) is 0 Å². The molecule has 0 bridgehead atoms. The van der Waals surface area contributed by atoms with Crippen molar-refractivity contribution in [3.8, 4) is 0 Å². The van der Waals surface area contributed by atoms with Crippen molar-refractivity contribution in [3.63, 3.8) is 0 Å². The van der Waals surface area contributed by atoms with E-state index >= 15 is 0 Å². The first-order chi connectivity index (χ1) is 7.97. The Labute approximate surface area is 110 Å². The number of ether oxygens (including phenoxy) is 1. The maximum Gasteiger partial charge on any atom is 0.270 e. The van der Waals surface area contributed by atoms with Crippen LogP contribution in [0.15, 0.2) is 16.7 Å². The van der Waals surface area contributed by atoms with E-state index in [-0.39, 0.29) is 18.1 Å². The number of carbonyl (C=O) groups is 1. The maximum atomic E-state index is 12.4. The second kappa shape index (κ2) is 4.82. The Bertz CT molecular complexity index is 420. The molecule has 94 valence electrons. The van der Waals surface area contributed by atoms with Gasteiger partial charge in [-0.3, -0.25) is 4.79 Å². The summed E-state index contributed by atoms with van der Waals surface area (Å²) in [6, 6.07) is 1.85. The topological polar surface area (TPSA) is 34.5 Å². The predicted octanol–water partition coefficient (Wildman–Crippen LogP) is 2.04. The van der Waals surface area contributed by atoms with Crippen molar-refractivity contribution < 1.29 is 9.53 Å². The van der Waals surface area contributed by atoms with Gasteiger partial charge in [0.2, 0.25) is 0 Å². The molecule has 0 aliphatic carbocycles. The number of morpholine rings is 1. The molecule has 0 radical (unpaired) electrons. The zero-order valence-electron chi connectivity index (χ0n) is 10.3. The summed E-state index contributed by atoms with van der Waals surface area (Å²) in [5, 5.41) is 0. The Morgan fingerprint density at radius 1 is 1.41 bits per heavy atom. The number of hydrogen-bond donors (Lipinski definition) is 0. The van der Waals surface area contributed by atoms with Crippen molar-refractivity contribution >= 4 is 21.8 Å². The molecule has 1 saturated heterocycles. The highest BCUT2D eigenvalue weighted by molar-refractivity contribution is 9.10. The largest absolute Gasteiger partial charge is 0.372 e. The lowest BCUT2D eigenvalue weighted by Crippen LogP contribution is -2.48. The van der Waals surface area contributed by atoms with Crippen LogP contribution in [0.1, 0.15) is 24.3 Å². The zero-order chi connectivity index (χ0) is 12.6. The van der Waals surface area contributed by atoms with E-state index in [1.165, 1.54) is 0 Å². The molecule has 0 N–H and O–H groups in total. The first-order valence-corrected chi connectivity index (χ1v) is 6.53. The summed E-state index contributed by atoms with van der Waals surface area (Å²) in [5.41, 5.74) is 0.707. The summed E-state index contributed by atoms with van der Waals surface area (Å²) in [7, 11) is 1.88. The summed E-state index contributed by atoms with van der Waals surface area (Å²) in [5.74, 6) is 0.0696. The highest BCUT2D eigenvalue weighted by atomic mass is 79.9. The smallest absolute Gasteiger partial charge is 0.270 e. The third-order valence-electron chi connectivity index (χ3n) is 2.90. The van der Waals surface area contributed by atoms with Crippen molar-refractivity contribution in [2.45, 2.75) is 26.1 Å². The zero-order valence-corrected chi connectivity index (χ0v) is 11.9. The quantitative estimate of drug-likeness (QED) is 0.795. The van der Waals surface area contributed by atoms with E-state index in [0.29, 0.717) is 18.8 Å². The molecule has 1 aliphatic heterocycles. The van der Waals surface area contributed by atoms with Gasteiger partial charge >= 0.3 is 0 Å². The SMILES string of the molecule is C[C@@H]1CN(C(=O)c2cc(Br)cn2C)C[C@H](C)O1. The molecular formula is C12H17BrN2O2. The van der Waals surface area contributed by atoms with Gasteiger partial charge in [0.1, 0.15) is 5.69 Å². The molecule has 1 aromatic heterocycles. The average Bonchev–Trinajstić information content (AvgIpc) is 2.55. The van der Waals surface area contributed by atoms with Gasteiger partial charge in [0.15, 0.2) is 0 Å². The summed E-state index contributed by atoms with van der Waals surface area (Å²) in [6.45, 7) is 5.31. The first kappa shape index (κ1) is 12.6. The lowest BCUT2D eigenvalue weighted by Gasteiger charge is -2.35. The minimum atomic E-state index is 0.0696. The van der Waals surface area contributed by atoms with E-state index in [1.54, 1.807) is 0 Å². The van der Waals surface area contributed by atoms with Crippen molar-refractivity contribution in [3.05, 3.63) is 22.4 Å². The van der Waals surface area contributed by atoms with Gasteiger partial charge in [0, 0.05) is 30.8 Å². The lowest BCUT2D eigenvalue weighted by atomic mass is 10.2. The monoisotopic (exact) mass is 300 g/mol. The summed E-state index contributed by atoms with van der Waals surface area (Å²) in [6.07, 6.45) is 2.10. The number of hydrogen-bond acceptors (Lipinski definition) is 2. The fourth-order valence-electron chi connectivity index (χ4n) is 2.24. The Morgan fingerprint density at radius 2 is 2.00 bits per heavy atom. The summed E-state index contributed by atoms with van der Waals surface area (Å²) in [4.78, 5) is 14.2. The third kappa shape index (κ3) is 2.72. The van der Waals surface area contributed by atoms with Crippen molar-refractivity contribution in [1.29, 1.82) is 0 Å². The number of aryl methyl sites for hydroxylation is 1. The molecule has 0 saturated carbocycles. The molecule has 2 heterocycles. The normalized spacial score (nSPS) is 25.1. The molecule has 1 aromatic rings. The molecule has 2 rings (SSSR count). The number of halogens is 1. The Kier molecular flexibility index (Phi) is 3.58. The van der Waals surface area contributed by atoms with Crippen LogP contribution >= 0.6 is 15.9 Å². The van der Waals surface area contributed by atoms with Crippen LogP contribution in [-0.2, 0) is 11.8 Å². The first-order valence-electron chi connectivity index (χ1n) is 5.74. The predicted molar refractivity (Wildman–Crippen MR) is 69.0 cm³/mol. The van der Waals surface area contributed by atoms with Gasteiger partial charge in [-0.15, -0.1) is 0 Å². The average molecular weight is 301 g/mol. The van der Waals surface area contributed by atoms with Gasteiger partial charge in [0.05, 0.1) is 12.2 Å². The molecule has 0 aromatic carbocycles. The molecule has 0 unspecified atom stereocenters. The molecule has 2 atom stereocenters. The molecule has 5 heteroatoms. The highest BCUT2D eigenvalue weighted by Gasteiger charge is 2.27. The number of rotatable bonds is 1. The van der Waals surface area contributed by atoms with Crippen molar-refractivity contribution in [2.75, 3.05) is 13.1 Å². The minimum absolute atomic E-state index is 0.0696. The van der Waals surface area contributed by atoms with Gasteiger partial charge in [-0.1, -0.05) is 0 Å². The maximum absolute atomic E-state index is 12.4. The molecule has 1 fully saturated rings. The van der Waals surface area contributed by atoms with Crippen molar-refractivity contribution in [2.24, 2.45) is 7.05 Å². The van der Waals surface area contributed by atoms with Crippen LogP contribution in [-0.4, -0.2) is 40.7 Å². The van der Waals surface area contributed by atoms with Crippen LogP contribution in [0.3, 0.4) is 0 Å². The standard InChI is InChI=1S/C12H17BrN2O2/c1-8-5-15(6-9(2)17-8)12(16)11-4-10(13)7-14(11)3/h4,7-9H,5-6H2,1-3H3/t8-,9+. The van der Waals surface area contributed by atoms with E-state index < -0.39 is 0 Å². The van der Waals surface area contributed by atoms with Crippen LogP contribution in [0.5, 0.6) is 0 Å². The molecule has 4 nitrogen and oxygen atoms in total. The third-order valence-corrected chi connectivity index (χ3v) is 3.33. The number of carbonyl (C=O) groups excluding carboxylic acids is 1. The van der Waals surface area contributed by atoms with Crippen molar-refractivity contribution in [1.82, 2.24) is 9.47 Å². The van der Waals surface area contributed by atoms with Gasteiger partial charge in [0.25, 0.3) is 5.91 Å². The molecular weight excluding hydrogens is 284 g/mol. The fourth-order valence-corrected chi connectivity index (χ4v) is 2.77. The number of amides is 1. The lowest BCUT2D eigenvalue weighted by molar-refractivity contribution is -0.0588. The van der Waals surface area contributed by atoms with Gasteiger partial charge < -0.3 is 14.2 Å². The Hall–Kier alpha value is -0.810. The fraction of sp³-hybridized carbons (Fsp3) is 0.583. The van der Waals surface area contributed by atoms with Crippen LogP contribution < -0.4 is 0 Å². The van der Waals surface area contributed by atoms with E-state index in [0.717, 1.165) is 4.47 Å². The second-order valence-corrected chi connectivity index (χ2v) is 5.54. The van der Waals surface area contributed by atoms with E-state index in [9.17, 15) is 4.79 Å². The van der Waals surface area contributed by atoms with Gasteiger partial charge in [-0.25, -0.2) is 0 Å². The summed E-state index contributed by atoms with van der Waals surface area (Å²) >= 11 is 3.38. The number of aromatic nitrogens is 1. The number of nitrogens with zero attached hydrogens (tertiary/aromatic N) is 2. The minimum Gasteiger partial charge on any atom is -0.372 e. The van der Waals surface area contributed by atoms with E-state index in [4.69, 9.17) is 4.74 Å². The van der Waals surface area contributed by atoms with E-state index in [1.807, 2.05) is 42.6 Å². The van der Waals surface area contributed by atoms with Crippen LogP contribution in [0.4, 0.5) is 0 Å².